The first-order chi connectivity index (χ1) is 10.2. The Bertz CT molecular complexity index is 729. The molecular weight excluding hydrogens is 268 g/mol. The molecule has 0 aliphatic heterocycles. The third kappa shape index (κ3) is 2.94. The van der Waals surface area contributed by atoms with Gasteiger partial charge in [0.2, 0.25) is 0 Å². The number of hydrogen-bond acceptors (Lipinski definition) is 4. The predicted molar refractivity (Wildman–Crippen MR) is 77.9 cm³/mol. The van der Waals surface area contributed by atoms with Crippen LogP contribution in [0.4, 0.5) is 5.69 Å². The van der Waals surface area contributed by atoms with Gasteiger partial charge in [-0.2, -0.15) is 5.10 Å². The first-order valence-electron chi connectivity index (χ1n) is 6.44. The number of nitrogens with zero attached hydrogens (tertiary/aromatic N) is 2. The maximum atomic E-state index is 12.0. The molecule has 0 fully saturated rings. The van der Waals surface area contributed by atoms with E-state index in [1.807, 2.05) is 12.1 Å². The molecule has 21 heavy (non-hydrogen) atoms. The van der Waals surface area contributed by atoms with Gasteiger partial charge in [-0.05, 0) is 42.5 Å². The van der Waals surface area contributed by atoms with Crippen LogP contribution < -0.4 is 11.1 Å². The molecule has 0 atom stereocenters. The maximum absolute atomic E-state index is 12.0. The lowest BCUT2D eigenvalue weighted by Gasteiger charge is -2.02. The van der Waals surface area contributed by atoms with Crippen molar-refractivity contribution in [2.45, 2.75) is 6.54 Å². The second kappa shape index (κ2) is 5.54. The standard InChI is InChI=1S/C15H14N4O2/c16-11-3-5-12(6-4-11)19-8-7-14(18-19)15(20)17-10-13-2-1-9-21-13/h1-9H,10,16H2,(H,17,20). The highest BCUT2D eigenvalue weighted by atomic mass is 16.3. The van der Waals surface area contributed by atoms with Gasteiger partial charge >= 0.3 is 0 Å². The van der Waals surface area contributed by atoms with Crippen molar-refractivity contribution >= 4 is 11.6 Å². The van der Waals surface area contributed by atoms with E-state index in [-0.39, 0.29) is 5.91 Å². The molecule has 0 spiro atoms. The Morgan fingerprint density at radius 2 is 2.05 bits per heavy atom. The molecular formula is C15H14N4O2. The number of nitrogens with one attached hydrogen (secondary N) is 1. The third-order valence-corrected chi connectivity index (χ3v) is 2.98. The molecule has 0 unspecified atom stereocenters. The summed E-state index contributed by atoms with van der Waals surface area (Å²) < 4.78 is 6.78. The lowest BCUT2D eigenvalue weighted by molar-refractivity contribution is 0.0942. The van der Waals surface area contributed by atoms with E-state index in [0.29, 0.717) is 23.7 Å². The zero-order chi connectivity index (χ0) is 14.7. The number of aromatic nitrogens is 2. The average Bonchev–Trinajstić information content (AvgIpc) is 3.17. The van der Waals surface area contributed by atoms with Gasteiger partial charge in [-0.1, -0.05) is 0 Å². The number of furan rings is 1. The summed E-state index contributed by atoms with van der Waals surface area (Å²) in [6.45, 7) is 0.334. The number of amides is 1. The molecule has 1 amide bonds. The van der Waals surface area contributed by atoms with Crippen LogP contribution in [0.5, 0.6) is 0 Å². The molecule has 0 aliphatic rings. The van der Waals surface area contributed by atoms with Crippen molar-refractivity contribution in [3.05, 3.63) is 66.4 Å². The summed E-state index contributed by atoms with van der Waals surface area (Å²) in [5.74, 6) is 0.446. The zero-order valence-corrected chi connectivity index (χ0v) is 11.2. The lowest BCUT2D eigenvalue weighted by Crippen LogP contribution is -2.23. The van der Waals surface area contributed by atoms with Gasteiger partial charge in [0.15, 0.2) is 5.69 Å². The molecule has 0 bridgehead atoms. The van der Waals surface area contributed by atoms with Gasteiger partial charge in [0.25, 0.3) is 5.91 Å². The normalized spacial score (nSPS) is 10.5. The van der Waals surface area contributed by atoms with E-state index >= 15 is 0 Å². The van der Waals surface area contributed by atoms with Crippen LogP contribution in [0.3, 0.4) is 0 Å². The smallest absolute Gasteiger partial charge is 0.272 e. The summed E-state index contributed by atoms with van der Waals surface area (Å²) in [5, 5.41) is 6.99. The molecule has 3 N–H and O–H groups in total. The second-order valence-corrected chi connectivity index (χ2v) is 4.50. The van der Waals surface area contributed by atoms with Crippen molar-refractivity contribution in [3.8, 4) is 5.69 Å². The van der Waals surface area contributed by atoms with Gasteiger partial charge in [-0.25, -0.2) is 4.68 Å². The van der Waals surface area contributed by atoms with Crippen molar-refractivity contribution in [2.24, 2.45) is 0 Å². The highest BCUT2D eigenvalue weighted by Crippen LogP contribution is 2.10. The highest BCUT2D eigenvalue weighted by Gasteiger charge is 2.10. The summed E-state index contributed by atoms with van der Waals surface area (Å²) in [7, 11) is 0. The molecule has 0 saturated carbocycles. The number of hydrogen-bond donors (Lipinski definition) is 2. The Hall–Kier alpha value is -3.02. The van der Waals surface area contributed by atoms with Crippen molar-refractivity contribution in [1.82, 2.24) is 15.1 Å². The molecule has 0 radical (unpaired) electrons. The number of nitrogens with two attached hydrogens (primary N) is 1. The van der Waals surface area contributed by atoms with Gasteiger partial charge in [0, 0.05) is 11.9 Å². The molecule has 1 aromatic carbocycles. The van der Waals surface area contributed by atoms with Crippen molar-refractivity contribution < 1.29 is 9.21 Å². The molecule has 3 aromatic rings. The van der Waals surface area contributed by atoms with Crippen molar-refractivity contribution in [3.63, 3.8) is 0 Å². The molecule has 6 nitrogen and oxygen atoms in total. The number of anilines is 1. The molecule has 2 heterocycles. The number of nitrogen functional groups attached to an aromatic ring is 1. The van der Waals surface area contributed by atoms with Gasteiger partial charge in [0.05, 0.1) is 18.5 Å². The molecule has 0 aliphatic carbocycles. The van der Waals surface area contributed by atoms with Crippen LogP contribution in [0.1, 0.15) is 16.2 Å². The Labute approximate surface area is 121 Å². The second-order valence-electron chi connectivity index (χ2n) is 4.50. The van der Waals surface area contributed by atoms with Crippen LogP contribution in [0.25, 0.3) is 5.69 Å². The van der Waals surface area contributed by atoms with E-state index in [0.717, 1.165) is 5.69 Å². The largest absolute Gasteiger partial charge is 0.467 e. The first kappa shape index (κ1) is 13.0. The summed E-state index contributed by atoms with van der Waals surface area (Å²) in [6.07, 6.45) is 3.30. The lowest BCUT2D eigenvalue weighted by atomic mass is 10.3. The molecule has 0 saturated heterocycles. The fourth-order valence-corrected chi connectivity index (χ4v) is 1.89. The SMILES string of the molecule is Nc1ccc(-n2ccc(C(=O)NCc3ccco3)n2)cc1. The number of carbonyl (C=O) groups is 1. The van der Waals surface area contributed by atoms with Crippen LogP contribution >= 0.6 is 0 Å². The minimum absolute atomic E-state index is 0.249. The molecule has 3 rings (SSSR count). The minimum atomic E-state index is -0.249. The van der Waals surface area contributed by atoms with Crippen molar-refractivity contribution in [2.75, 3.05) is 5.73 Å². The molecule has 2 aromatic heterocycles. The quantitative estimate of drug-likeness (QED) is 0.716. The fraction of sp³-hybridized carbons (Fsp3) is 0.0667. The van der Waals surface area contributed by atoms with Gasteiger partial charge < -0.3 is 15.5 Å². The number of benzene rings is 1. The minimum Gasteiger partial charge on any atom is -0.467 e. The molecule has 6 heteroatoms. The van der Waals surface area contributed by atoms with Crippen LogP contribution in [-0.2, 0) is 6.54 Å². The summed E-state index contributed by atoms with van der Waals surface area (Å²) >= 11 is 0. The Kier molecular flexibility index (Phi) is 3.42. The monoisotopic (exact) mass is 282 g/mol. The molecule has 106 valence electrons. The zero-order valence-electron chi connectivity index (χ0n) is 11.2. The Morgan fingerprint density at radius 1 is 1.24 bits per heavy atom. The third-order valence-electron chi connectivity index (χ3n) is 2.98. The highest BCUT2D eigenvalue weighted by molar-refractivity contribution is 5.92. The number of carbonyl (C=O) groups excluding carboxylic acids is 1. The van der Waals surface area contributed by atoms with E-state index in [4.69, 9.17) is 10.2 Å². The first-order valence-corrected chi connectivity index (χ1v) is 6.44. The maximum Gasteiger partial charge on any atom is 0.272 e. The van der Waals surface area contributed by atoms with Crippen LogP contribution in [0, 0.1) is 0 Å². The van der Waals surface area contributed by atoms with Crippen LogP contribution in [0.2, 0.25) is 0 Å². The average molecular weight is 282 g/mol. The Morgan fingerprint density at radius 3 is 2.76 bits per heavy atom. The van der Waals surface area contributed by atoms with E-state index in [1.54, 1.807) is 47.5 Å². The van der Waals surface area contributed by atoms with Gasteiger partial charge in [-0.15, -0.1) is 0 Å². The topological polar surface area (TPSA) is 86.1 Å². The number of rotatable bonds is 4. The van der Waals surface area contributed by atoms with E-state index in [2.05, 4.69) is 10.4 Å². The van der Waals surface area contributed by atoms with Crippen molar-refractivity contribution in [1.29, 1.82) is 0 Å². The van der Waals surface area contributed by atoms with E-state index in [1.165, 1.54) is 0 Å². The summed E-state index contributed by atoms with van der Waals surface area (Å²) in [6, 6.07) is 12.5. The van der Waals surface area contributed by atoms with Gasteiger partial charge in [0.1, 0.15) is 5.76 Å². The summed E-state index contributed by atoms with van der Waals surface area (Å²) in [4.78, 5) is 12.0. The Balaban J connectivity index is 1.69. The van der Waals surface area contributed by atoms with E-state index in [9.17, 15) is 4.79 Å². The van der Waals surface area contributed by atoms with Gasteiger partial charge in [-0.3, -0.25) is 4.79 Å². The van der Waals surface area contributed by atoms with Crippen LogP contribution in [0.15, 0.2) is 59.3 Å². The van der Waals surface area contributed by atoms with E-state index < -0.39 is 0 Å². The van der Waals surface area contributed by atoms with Crippen LogP contribution in [-0.4, -0.2) is 15.7 Å². The summed E-state index contributed by atoms with van der Waals surface area (Å²) in [5.41, 5.74) is 7.51. The fourth-order valence-electron chi connectivity index (χ4n) is 1.89. The predicted octanol–water partition coefficient (Wildman–Crippen LogP) is 1.98.